The Hall–Kier alpha value is -6.45. The molecule has 48 heavy (non-hydrogen) atoms. The zero-order valence-electron chi connectivity index (χ0n) is 26.1. The summed E-state index contributed by atoms with van der Waals surface area (Å²) < 4.78 is 35.4. The molecule has 16 heteroatoms. The molecule has 2 atom stereocenters. The number of esters is 5. The SMILES string of the molecule is COC(=O)c1cccc(NC(=O)[C@@H](OC(=O)c2ccc(OC(C)=O)c(OC)c2)[C@@H](OC(=O)c2ccc(OC(C)=O)c(OC)c2)C(=O)O)c1. The van der Waals surface area contributed by atoms with Crippen LogP contribution in [0.2, 0.25) is 0 Å². The standard InChI is InChI=1S/C32H29NO15/c1-16(34)45-22-11-9-19(14-24(22)42-3)31(40)47-26(28(36)33-21-8-6-7-18(13-21)30(39)44-5)27(29(37)38)48-32(41)20-10-12-23(46-17(2)35)25(15-20)43-4/h6-15,26-27H,1-5H3,(H,33,36)(H,37,38)/t26-,27+/m0/s1. The molecule has 0 spiro atoms. The van der Waals surface area contributed by atoms with Gasteiger partial charge in [0.05, 0.1) is 38.0 Å². The number of anilines is 1. The van der Waals surface area contributed by atoms with Crippen molar-refractivity contribution in [2.24, 2.45) is 0 Å². The van der Waals surface area contributed by atoms with Crippen molar-refractivity contribution in [2.45, 2.75) is 26.1 Å². The van der Waals surface area contributed by atoms with Crippen LogP contribution in [-0.2, 0) is 33.4 Å². The van der Waals surface area contributed by atoms with Gasteiger partial charge >= 0.3 is 35.8 Å². The number of benzene rings is 3. The number of rotatable bonds is 13. The molecule has 2 N–H and O–H groups in total. The molecule has 0 aliphatic heterocycles. The van der Waals surface area contributed by atoms with Crippen molar-refractivity contribution >= 4 is 47.4 Å². The van der Waals surface area contributed by atoms with Crippen molar-refractivity contribution in [3.8, 4) is 23.0 Å². The average molecular weight is 668 g/mol. The van der Waals surface area contributed by atoms with Gasteiger partial charge in [0.15, 0.2) is 23.0 Å². The number of hydrogen-bond acceptors (Lipinski definition) is 14. The second-order valence-electron chi connectivity index (χ2n) is 9.47. The smallest absolute Gasteiger partial charge is 0.349 e. The van der Waals surface area contributed by atoms with Crippen LogP contribution in [0.15, 0.2) is 60.7 Å². The van der Waals surface area contributed by atoms with Gasteiger partial charge in [-0.3, -0.25) is 14.4 Å². The maximum absolute atomic E-state index is 13.5. The number of carbonyl (C=O) groups excluding carboxylic acids is 6. The van der Waals surface area contributed by atoms with E-state index in [2.05, 4.69) is 10.1 Å². The summed E-state index contributed by atoms with van der Waals surface area (Å²) in [6, 6.07) is 12.2. The minimum Gasteiger partial charge on any atom is -0.493 e. The van der Waals surface area contributed by atoms with Gasteiger partial charge in [-0.2, -0.15) is 0 Å². The molecule has 0 fully saturated rings. The number of nitrogens with one attached hydrogen (secondary N) is 1. The van der Waals surface area contributed by atoms with E-state index < -0.39 is 53.9 Å². The van der Waals surface area contributed by atoms with Crippen molar-refractivity contribution in [1.82, 2.24) is 0 Å². The number of carbonyl (C=O) groups is 7. The number of carboxylic acids is 1. The normalized spacial score (nSPS) is 11.5. The highest BCUT2D eigenvalue weighted by Crippen LogP contribution is 2.30. The maximum Gasteiger partial charge on any atom is 0.349 e. The molecule has 0 radical (unpaired) electrons. The topological polar surface area (TPSA) is 216 Å². The Bertz CT molecular complexity index is 1750. The minimum atomic E-state index is -2.44. The van der Waals surface area contributed by atoms with Crippen LogP contribution in [-0.4, -0.2) is 80.4 Å². The molecular weight excluding hydrogens is 638 g/mol. The molecule has 0 heterocycles. The van der Waals surface area contributed by atoms with E-state index in [4.69, 9.17) is 28.4 Å². The van der Waals surface area contributed by atoms with E-state index in [-0.39, 0.29) is 45.4 Å². The lowest BCUT2D eigenvalue weighted by Gasteiger charge is -2.24. The summed E-state index contributed by atoms with van der Waals surface area (Å²) in [6.45, 7) is 2.28. The summed E-state index contributed by atoms with van der Waals surface area (Å²) in [5, 5.41) is 12.4. The zero-order valence-corrected chi connectivity index (χ0v) is 26.1. The monoisotopic (exact) mass is 667 g/mol. The first-order valence-corrected chi connectivity index (χ1v) is 13.6. The quantitative estimate of drug-likeness (QED) is 0.152. The largest absolute Gasteiger partial charge is 0.493 e. The van der Waals surface area contributed by atoms with Crippen molar-refractivity contribution < 1.29 is 71.8 Å². The number of aliphatic carboxylic acids is 1. The Morgan fingerprint density at radius 3 is 1.52 bits per heavy atom. The van der Waals surface area contributed by atoms with Crippen molar-refractivity contribution in [3.05, 3.63) is 77.4 Å². The Labute approximate surface area is 272 Å². The fraction of sp³-hybridized carbons (Fsp3) is 0.219. The van der Waals surface area contributed by atoms with Gasteiger partial charge < -0.3 is 43.6 Å². The van der Waals surface area contributed by atoms with E-state index in [0.29, 0.717) is 0 Å². The van der Waals surface area contributed by atoms with Gasteiger partial charge in [0.1, 0.15) is 0 Å². The highest BCUT2D eigenvalue weighted by atomic mass is 16.6. The van der Waals surface area contributed by atoms with E-state index in [9.17, 15) is 38.7 Å². The lowest BCUT2D eigenvalue weighted by molar-refractivity contribution is -0.157. The van der Waals surface area contributed by atoms with Crippen LogP contribution in [0, 0.1) is 0 Å². The molecule has 3 aromatic carbocycles. The van der Waals surface area contributed by atoms with Gasteiger partial charge in [-0.05, 0) is 54.6 Å². The summed E-state index contributed by atoms with van der Waals surface area (Å²) in [4.78, 5) is 87.2. The van der Waals surface area contributed by atoms with Crippen LogP contribution < -0.4 is 24.3 Å². The van der Waals surface area contributed by atoms with E-state index in [1.807, 2.05) is 0 Å². The van der Waals surface area contributed by atoms with Crippen molar-refractivity contribution in [1.29, 1.82) is 0 Å². The predicted molar refractivity (Wildman–Crippen MR) is 161 cm³/mol. The number of carboxylic acid groups (broad SMARTS) is 1. The molecular formula is C32H29NO15. The molecule has 0 saturated heterocycles. The van der Waals surface area contributed by atoms with E-state index in [1.165, 1.54) is 50.6 Å². The van der Waals surface area contributed by atoms with Gasteiger partial charge in [0.2, 0.25) is 12.2 Å². The van der Waals surface area contributed by atoms with Gasteiger partial charge in [0, 0.05) is 19.5 Å². The van der Waals surface area contributed by atoms with Gasteiger partial charge in [-0.15, -0.1) is 0 Å². The Balaban J connectivity index is 2.00. The molecule has 0 unspecified atom stereocenters. The first-order valence-electron chi connectivity index (χ1n) is 13.6. The average Bonchev–Trinajstić information content (AvgIpc) is 3.05. The van der Waals surface area contributed by atoms with Gasteiger partial charge in [0.25, 0.3) is 5.91 Å². The van der Waals surface area contributed by atoms with Gasteiger partial charge in [-0.25, -0.2) is 19.2 Å². The summed E-state index contributed by atoms with van der Waals surface area (Å²) in [5.74, 6) is -8.06. The fourth-order valence-electron chi connectivity index (χ4n) is 3.98. The third-order valence-electron chi connectivity index (χ3n) is 6.10. The summed E-state index contributed by atoms with van der Waals surface area (Å²) >= 11 is 0. The van der Waals surface area contributed by atoms with E-state index in [1.54, 1.807) is 0 Å². The molecule has 1 amide bonds. The second kappa shape index (κ2) is 16.2. The first-order chi connectivity index (χ1) is 22.8. The number of hydrogen-bond donors (Lipinski definition) is 2. The Morgan fingerprint density at radius 1 is 0.604 bits per heavy atom. The highest BCUT2D eigenvalue weighted by molar-refractivity contribution is 6.02. The van der Waals surface area contributed by atoms with E-state index >= 15 is 0 Å². The number of methoxy groups -OCH3 is 3. The molecule has 0 bridgehead atoms. The molecule has 252 valence electrons. The van der Waals surface area contributed by atoms with Gasteiger partial charge in [-0.1, -0.05) is 6.07 Å². The molecule has 3 rings (SSSR count). The molecule has 3 aromatic rings. The Morgan fingerprint density at radius 2 is 1.08 bits per heavy atom. The molecule has 0 saturated carbocycles. The van der Waals surface area contributed by atoms with Crippen LogP contribution >= 0.6 is 0 Å². The number of ether oxygens (including phenoxy) is 7. The molecule has 0 aromatic heterocycles. The van der Waals surface area contributed by atoms with Crippen molar-refractivity contribution in [3.63, 3.8) is 0 Å². The third-order valence-corrected chi connectivity index (χ3v) is 6.10. The first kappa shape index (κ1) is 36.0. The van der Waals surface area contributed by atoms with Crippen LogP contribution in [0.25, 0.3) is 0 Å². The van der Waals surface area contributed by atoms with Crippen LogP contribution in [0.1, 0.15) is 44.9 Å². The maximum atomic E-state index is 13.5. The summed E-state index contributed by atoms with van der Waals surface area (Å²) in [7, 11) is 3.59. The Kier molecular flexibility index (Phi) is 12.2. The zero-order chi connectivity index (χ0) is 35.5. The highest BCUT2D eigenvalue weighted by Gasteiger charge is 2.41. The van der Waals surface area contributed by atoms with Crippen LogP contribution in [0.4, 0.5) is 5.69 Å². The fourth-order valence-corrected chi connectivity index (χ4v) is 3.98. The molecule has 0 aliphatic rings. The number of amides is 1. The lowest BCUT2D eigenvalue weighted by atomic mass is 10.1. The summed E-state index contributed by atoms with van der Waals surface area (Å²) in [6.07, 6.45) is -4.77. The van der Waals surface area contributed by atoms with Crippen LogP contribution in [0.3, 0.4) is 0 Å². The van der Waals surface area contributed by atoms with Crippen molar-refractivity contribution in [2.75, 3.05) is 26.6 Å². The molecule has 0 aliphatic carbocycles. The minimum absolute atomic E-state index is 0.0242. The third kappa shape index (κ3) is 9.29. The van der Waals surface area contributed by atoms with Crippen LogP contribution in [0.5, 0.6) is 23.0 Å². The van der Waals surface area contributed by atoms with E-state index in [0.717, 1.165) is 45.2 Å². The second-order valence-corrected chi connectivity index (χ2v) is 9.47. The summed E-state index contributed by atoms with van der Waals surface area (Å²) in [5.41, 5.74) is -0.556. The predicted octanol–water partition coefficient (Wildman–Crippen LogP) is 2.82. The molecule has 16 nitrogen and oxygen atoms in total. The lowest BCUT2D eigenvalue weighted by Crippen LogP contribution is -2.48.